The Labute approximate surface area is 78.7 Å². The van der Waals surface area contributed by atoms with Gasteiger partial charge in [0.05, 0.1) is 0 Å². The fourth-order valence-electron chi connectivity index (χ4n) is 2.39. The van der Waals surface area contributed by atoms with E-state index in [1.165, 1.54) is 12.8 Å². The van der Waals surface area contributed by atoms with E-state index >= 15 is 0 Å². The number of carbonyl (C=O) groups is 1. The van der Waals surface area contributed by atoms with Gasteiger partial charge in [-0.1, -0.05) is 0 Å². The van der Waals surface area contributed by atoms with Crippen LogP contribution in [0.25, 0.3) is 0 Å². The molecule has 2 aliphatic rings. The maximum Gasteiger partial charge on any atom is 0.320 e. The van der Waals surface area contributed by atoms with E-state index in [0.29, 0.717) is 6.04 Å². The quantitative estimate of drug-likeness (QED) is 0.717. The predicted molar refractivity (Wildman–Crippen MR) is 49.5 cm³/mol. The molecule has 2 fully saturated rings. The average Bonchev–Trinajstić information content (AvgIpc) is 2.80. The number of hydrogen-bond acceptors (Lipinski definition) is 2. The Balaban J connectivity index is 1.99. The van der Waals surface area contributed by atoms with Crippen molar-refractivity contribution in [3.05, 3.63) is 0 Å². The molecule has 0 aromatic carbocycles. The van der Waals surface area contributed by atoms with Gasteiger partial charge >= 0.3 is 5.97 Å². The maximum atomic E-state index is 10.9. The highest BCUT2D eigenvalue weighted by Gasteiger charge is 2.39. The van der Waals surface area contributed by atoms with Crippen LogP contribution in [-0.2, 0) is 4.79 Å². The van der Waals surface area contributed by atoms with E-state index < -0.39 is 5.97 Å². The predicted octanol–water partition coefficient (Wildman–Crippen LogP) is 1.33. The summed E-state index contributed by atoms with van der Waals surface area (Å²) in [5.41, 5.74) is 0. The van der Waals surface area contributed by atoms with Crippen molar-refractivity contribution in [2.75, 3.05) is 6.54 Å². The number of carboxylic acids is 1. The zero-order valence-corrected chi connectivity index (χ0v) is 8.07. The summed E-state index contributed by atoms with van der Waals surface area (Å²) in [5, 5.41) is 8.99. The maximum absolute atomic E-state index is 10.9. The van der Waals surface area contributed by atoms with Gasteiger partial charge in [-0.3, -0.25) is 9.69 Å². The van der Waals surface area contributed by atoms with Crippen molar-refractivity contribution >= 4 is 5.97 Å². The van der Waals surface area contributed by atoms with Gasteiger partial charge in [0.15, 0.2) is 0 Å². The second-order valence-corrected chi connectivity index (χ2v) is 4.31. The minimum absolute atomic E-state index is 0.199. The van der Waals surface area contributed by atoms with Gasteiger partial charge in [-0.15, -0.1) is 0 Å². The van der Waals surface area contributed by atoms with Gasteiger partial charge in [0.25, 0.3) is 0 Å². The van der Waals surface area contributed by atoms with Crippen LogP contribution in [0.4, 0.5) is 0 Å². The summed E-state index contributed by atoms with van der Waals surface area (Å²) in [6, 6.07) is 0.291. The first-order valence-electron chi connectivity index (χ1n) is 5.18. The van der Waals surface area contributed by atoms with Crippen LogP contribution in [-0.4, -0.2) is 34.6 Å². The summed E-state index contributed by atoms with van der Waals surface area (Å²) < 4.78 is 0. The number of aliphatic carboxylic acids is 1. The normalized spacial score (nSPS) is 31.9. The van der Waals surface area contributed by atoms with Crippen LogP contribution in [0.15, 0.2) is 0 Å². The molecule has 0 radical (unpaired) electrons. The Morgan fingerprint density at radius 2 is 2.15 bits per heavy atom. The van der Waals surface area contributed by atoms with Gasteiger partial charge < -0.3 is 5.11 Å². The molecular weight excluding hydrogens is 166 g/mol. The molecule has 0 aromatic heterocycles. The molecule has 13 heavy (non-hydrogen) atoms. The third-order valence-electron chi connectivity index (χ3n) is 3.41. The highest BCUT2D eigenvalue weighted by atomic mass is 16.4. The fourth-order valence-corrected chi connectivity index (χ4v) is 2.39. The van der Waals surface area contributed by atoms with Crippen molar-refractivity contribution in [2.24, 2.45) is 5.92 Å². The fraction of sp³-hybridized carbons (Fsp3) is 0.900. The molecule has 1 N–H and O–H groups in total. The SMILES string of the molecule is CC(C1CC1)N1CCCC1C(=O)O. The molecule has 2 atom stereocenters. The van der Waals surface area contributed by atoms with Gasteiger partial charge in [-0.05, 0) is 45.1 Å². The molecule has 2 unspecified atom stereocenters. The summed E-state index contributed by atoms with van der Waals surface area (Å²) in [5.74, 6) is 0.143. The number of hydrogen-bond donors (Lipinski definition) is 1. The minimum Gasteiger partial charge on any atom is -0.480 e. The highest BCUT2D eigenvalue weighted by molar-refractivity contribution is 5.73. The van der Waals surface area contributed by atoms with E-state index in [9.17, 15) is 4.79 Å². The molecule has 0 aromatic rings. The number of nitrogens with zero attached hydrogens (tertiary/aromatic N) is 1. The largest absolute Gasteiger partial charge is 0.480 e. The highest BCUT2D eigenvalue weighted by Crippen LogP contribution is 2.37. The lowest BCUT2D eigenvalue weighted by atomic mass is 10.1. The topological polar surface area (TPSA) is 40.5 Å². The number of likely N-dealkylation sites (tertiary alicyclic amines) is 1. The van der Waals surface area contributed by atoms with E-state index in [-0.39, 0.29) is 6.04 Å². The summed E-state index contributed by atoms with van der Waals surface area (Å²) in [4.78, 5) is 13.1. The Morgan fingerprint density at radius 1 is 1.46 bits per heavy atom. The number of carboxylic acid groups (broad SMARTS) is 1. The lowest BCUT2D eigenvalue weighted by Crippen LogP contribution is -2.42. The van der Waals surface area contributed by atoms with Crippen LogP contribution in [0, 0.1) is 5.92 Å². The summed E-state index contributed by atoms with van der Waals surface area (Å²) in [6.07, 6.45) is 4.48. The first-order valence-corrected chi connectivity index (χ1v) is 5.18. The molecule has 2 rings (SSSR count). The van der Waals surface area contributed by atoms with Crippen molar-refractivity contribution < 1.29 is 9.90 Å². The van der Waals surface area contributed by atoms with Crippen molar-refractivity contribution in [1.29, 1.82) is 0 Å². The molecule has 3 nitrogen and oxygen atoms in total. The van der Waals surface area contributed by atoms with Crippen molar-refractivity contribution in [3.63, 3.8) is 0 Å². The van der Waals surface area contributed by atoms with E-state index in [4.69, 9.17) is 5.11 Å². The Morgan fingerprint density at radius 3 is 2.69 bits per heavy atom. The van der Waals surface area contributed by atoms with Crippen LogP contribution in [0.3, 0.4) is 0 Å². The third-order valence-corrected chi connectivity index (χ3v) is 3.41. The Kier molecular flexibility index (Phi) is 2.28. The van der Waals surface area contributed by atoms with Crippen molar-refractivity contribution in [1.82, 2.24) is 4.90 Å². The van der Waals surface area contributed by atoms with Crippen LogP contribution >= 0.6 is 0 Å². The van der Waals surface area contributed by atoms with E-state index in [2.05, 4.69) is 11.8 Å². The summed E-state index contributed by atoms with van der Waals surface area (Å²) in [6.45, 7) is 3.16. The smallest absolute Gasteiger partial charge is 0.320 e. The van der Waals surface area contributed by atoms with Crippen molar-refractivity contribution in [2.45, 2.75) is 44.7 Å². The standard InChI is InChI=1S/C10H17NO2/c1-7(8-4-5-8)11-6-2-3-9(11)10(12)13/h7-9H,2-6H2,1H3,(H,12,13). The second-order valence-electron chi connectivity index (χ2n) is 4.31. The second kappa shape index (κ2) is 3.29. The molecule has 0 bridgehead atoms. The van der Waals surface area contributed by atoms with Crippen LogP contribution in [0.1, 0.15) is 32.6 Å². The van der Waals surface area contributed by atoms with Gasteiger partial charge in [-0.2, -0.15) is 0 Å². The van der Waals surface area contributed by atoms with Gasteiger partial charge in [0, 0.05) is 6.04 Å². The molecule has 74 valence electrons. The molecular formula is C10H17NO2. The van der Waals surface area contributed by atoms with E-state index in [1.807, 2.05) is 0 Å². The molecule has 0 spiro atoms. The lowest BCUT2D eigenvalue weighted by Gasteiger charge is -2.28. The minimum atomic E-state index is -0.634. The average molecular weight is 183 g/mol. The molecule has 3 heteroatoms. The Hall–Kier alpha value is -0.570. The molecule has 1 saturated heterocycles. The van der Waals surface area contributed by atoms with Crippen LogP contribution in [0.2, 0.25) is 0 Å². The molecule has 1 aliphatic carbocycles. The first kappa shape index (κ1) is 9.00. The monoisotopic (exact) mass is 183 g/mol. The van der Waals surface area contributed by atoms with Gasteiger partial charge in [-0.25, -0.2) is 0 Å². The lowest BCUT2D eigenvalue weighted by molar-refractivity contribution is -0.143. The van der Waals surface area contributed by atoms with Crippen LogP contribution in [0.5, 0.6) is 0 Å². The first-order chi connectivity index (χ1) is 6.20. The Bertz CT molecular complexity index is 213. The van der Waals surface area contributed by atoms with Gasteiger partial charge in [0.2, 0.25) is 0 Å². The molecule has 1 heterocycles. The van der Waals surface area contributed by atoms with Crippen LogP contribution < -0.4 is 0 Å². The van der Waals surface area contributed by atoms with Crippen molar-refractivity contribution in [3.8, 4) is 0 Å². The molecule has 1 saturated carbocycles. The molecule has 0 amide bonds. The zero-order valence-electron chi connectivity index (χ0n) is 8.07. The summed E-state index contributed by atoms with van der Waals surface area (Å²) in [7, 11) is 0. The number of rotatable bonds is 3. The molecule has 1 aliphatic heterocycles. The van der Waals surface area contributed by atoms with E-state index in [1.54, 1.807) is 0 Å². The van der Waals surface area contributed by atoms with E-state index in [0.717, 1.165) is 25.3 Å². The third kappa shape index (κ3) is 1.70. The summed E-state index contributed by atoms with van der Waals surface area (Å²) >= 11 is 0. The van der Waals surface area contributed by atoms with Gasteiger partial charge in [0.1, 0.15) is 6.04 Å². The zero-order chi connectivity index (χ0) is 9.42.